The maximum absolute atomic E-state index is 12.4. The minimum atomic E-state index is 0.0207. The second kappa shape index (κ2) is 9.31. The molecule has 0 spiro atoms. The van der Waals surface area contributed by atoms with Crippen LogP contribution in [0.2, 0.25) is 0 Å². The van der Waals surface area contributed by atoms with Crippen molar-refractivity contribution >= 4 is 11.8 Å². The predicted octanol–water partition coefficient (Wildman–Crippen LogP) is 1.82. The average Bonchev–Trinajstić information content (AvgIpc) is 3.36. The smallest absolute Gasteiger partial charge is 0.221 e. The van der Waals surface area contributed by atoms with Crippen LogP contribution < -0.4 is 10.6 Å². The number of hydrogen-bond donors (Lipinski definition) is 2. The van der Waals surface area contributed by atoms with Crippen molar-refractivity contribution in [3.63, 3.8) is 0 Å². The third kappa shape index (κ3) is 6.31. The number of carbonyl (C=O) groups excluding carboxylic acids is 2. The summed E-state index contributed by atoms with van der Waals surface area (Å²) in [6, 6.07) is 6.64. The molecule has 2 atom stereocenters. The molecular formula is C21H32N4O2. The number of amides is 2. The molecule has 3 rings (SSSR count). The lowest BCUT2D eigenvalue weighted by Gasteiger charge is -2.30. The molecule has 1 saturated heterocycles. The number of carbonyl (C=O) groups is 2. The standard InChI is InChI=1S/C21H32N4O2/c1-15-4-3-5-18(24-15)10-11-22-21(27)12-19-8-9-20(13-23-16(2)26)25(19)14-17-6-7-17/h3-5,17,19-20H,6-14H2,1-2H3,(H,22,27)(H,23,26)/t19-,20+/m0/s1. The Kier molecular flexibility index (Phi) is 6.83. The molecule has 6 heteroatoms. The SMILES string of the molecule is CC(=O)NC[C@H]1CC[C@@H](CC(=O)NCCc2cccc(C)n2)N1CC1CC1. The molecule has 2 heterocycles. The number of hydrogen-bond acceptors (Lipinski definition) is 4. The molecule has 148 valence electrons. The molecule has 0 radical (unpaired) electrons. The molecule has 1 aliphatic heterocycles. The molecule has 2 aliphatic rings. The highest BCUT2D eigenvalue weighted by molar-refractivity contribution is 5.76. The second-order valence-corrected chi connectivity index (χ2v) is 8.04. The average molecular weight is 373 g/mol. The molecule has 1 aromatic rings. The minimum Gasteiger partial charge on any atom is -0.356 e. The second-order valence-electron chi connectivity index (χ2n) is 8.04. The highest BCUT2D eigenvalue weighted by atomic mass is 16.2. The van der Waals surface area contributed by atoms with Gasteiger partial charge in [0.25, 0.3) is 0 Å². The van der Waals surface area contributed by atoms with Crippen LogP contribution in [-0.2, 0) is 16.0 Å². The van der Waals surface area contributed by atoms with E-state index >= 15 is 0 Å². The van der Waals surface area contributed by atoms with Gasteiger partial charge in [-0.1, -0.05) is 6.07 Å². The lowest BCUT2D eigenvalue weighted by atomic mass is 10.1. The summed E-state index contributed by atoms with van der Waals surface area (Å²) >= 11 is 0. The minimum absolute atomic E-state index is 0.0207. The van der Waals surface area contributed by atoms with Crippen LogP contribution in [0.25, 0.3) is 0 Å². The van der Waals surface area contributed by atoms with Crippen LogP contribution in [0.3, 0.4) is 0 Å². The van der Waals surface area contributed by atoms with Crippen molar-refractivity contribution in [2.75, 3.05) is 19.6 Å². The number of pyridine rings is 1. The molecule has 0 unspecified atom stereocenters. The van der Waals surface area contributed by atoms with Crippen molar-refractivity contribution < 1.29 is 9.59 Å². The van der Waals surface area contributed by atoms with E-state index in [4.69, 9.17) is 0 Å². The van der Waals surface area contributed by atoms with Crippen LogP contribution in [-0.4, -0.2) is 53.4 Å². The predicted molar refractivity (Wildman–Crippen MR) is 105 cm³/mol. The first-order valence-electron chi connectivity index (χ1n) is 10.2. The van der Waals surface area contributed by atoms with Gasteiger partial charge in [0.2, 0.25) is 11.8 Å². The maximum atomic E-state index is 12.4. The third-order valence-electron chi connectivity index (χ3n) is 5.59. The Hall–Kier alpha value is -1.95. The van der Waals surface area contributed by atoms with E-state index in [1.807, 2.05) is 25.1 Å². The molecule has 27 heavy (non-hydrogen) atoms. The number of likely N-dealkylation sites (tertiary alicyclic amines) is 1. The highest BCUT2D eigenvalue weighted by Crippen LogP contribution is 2.35. The Balaban J connectivity index is 1.45. The summed E-state index contributed by atoms with van der Waals surface area (Å²) in [6.45, 7) is 5.93. The van der Waals surface area contributed by atoms with E-state index in [1.165, 1.54) is 12.8 Å². The Morgan fingerprint density at radius 1 is 1.15 bits per heavy atom. The van der Waals surface area contributed by atoms with Crippen LogP contribution in [0.1, 0.15) is 50.4 Å². The van der Waals surface area contributed by atoms with Crippen LogP contribution in [0.15, 0.2) is 18.2 Å². The van der Waals surface area contributed by atoms with E-state index in [9.17, 15) is 9.59 Å². The zero-order chi connectivity index (χ0) is 19.2. The normalized spacial score (nSPS) is 22.6. The topological polar surface area (TPSA) is 74.3 Å². The Morgan fingerprint density at radius 2 is 1.93 bits per heavy atom. The largest absolute Gasteiger partial charge is 0.356 e. The number of nitrogens with one attached hydrogen (secondary N) is 2. The summed E-state index contributed by atoms with van der Waals surface area (Å²) < 4.78 is 0. The van der Waals surface area contributed by atoms with Gasteiger partial charge in [0.05, 0.1) is 0 Å². The first-order chi connectivity index (χ1) is 13.0. The Morgan fingerprint density at radius 3 is 2.63 bits per heavy atom. The molecule has 6 nitrogen and oxygen atoms in total. The Bertz CT molecular complexity index is 659. The quantitative estimate of drug-likeness (QED) is 0.693. The monoisotopic (exact) mass is 372 g/mol. The van der Waals surface area contributed by atoms with Crippen molar-refractivity contribution in [2.24, 2.45) is 5.92 Å². The summed E-state index contributed by atoms with van der Waals surface area (Å²) in [5.41, 5.74) is 2.02. The maximum Gasteiger partial charge on any atom is 0.221 e. The molecule has 1 aromatic heterocycles. The van der Waals surface area contributed by atoms with Crippen LogP contribution in [0, 0.1) is 12.8 Å². The van der Waals surface area contributed by atoms with Gasteiger partial charge in [0.15, 0.2) is 0 Å². The van der Waals surface area contributed by atoms with Crippen LogP contribution in [0.5, 0.6) is 0 Å². The zero-order valence-electron chi connectivity index (χ0n) is 16.5. The van der Waals surface area contributed by atoms with Gasteiger partial charge in [-0.3, -0.25) is 19.5 Å². The summed E-state index contributed by atoms with van der Waals surface area (Å²) in [5.74, 6) is 0.918. The molecule has 2 amide bonds. The van der Waals surface area contributed by atoms with E-state index in [0.717, 1.165) is 43.1 Å². The van der Waals surface area contributed by atoms with E-state index in [-0.39, 0.29) is 11.8 Å². The fourth-order valence-corrected chi connectivity index (χ4v) is 3.97. The molecule has 0 bridgehead atoms. The molecule has 2 N–H and O–H groups in total. The molecular weight excluding hydrogens is 340 g/mol. The van der Waals surface area contributed by atoms with Crippen molar-refractivity contribution in [3.8, 4) is 0 Å². The van der Waals surface area contributed by atoms with Crippen molar-refractivity contribution in [1.82, 2.24) is 20.5 Å². The van der Waals surface area contributed by atoms with Crippen molar-refractivity contribution in [3.05, 3.63) is 29.6 Å². The summed E-state index contributed by atoms with van der Waals surface area (Å²) in [4.78, 5) is 30.7. The summed E-state index contributed by atoms with van der Waals surface area (Å²) in [6.07, 6.45) is 5.99. The third-order valence-corrected chi connectivity index (χ3v) is 5.59. The molecule has 2 fully saturated rings. The van der Waals surface area contributed by atoms with Gasteiger partial charge in [-0.15, -0.1) is 0 Å². The van der Waals surface area contributed by atoms with Gasteiger partial charge in [-0.25, -0.2) is 0 Å². The molecule has 1 aliphatic carbocycles. The Labute approximate surface area is 162 Å². The fourth-order valence-electron chi connectivity index (χ4n) is 3.97. The van der Waals surface area contributed by atoms with Gasteiger partial charge in [-0.2, -0.15) is 0 Å². The van der Waals surface area contributed by atoms with Gasteiger partial charge < -0.3 is 10.6 Å². The van der Waals surface area contributed by atoms with E-state index < -0.39 is 0 Å². The summed E-state index contributed by atoms with van der Waals surface area (Å²) in [5, 5.41) is 6.01. The van der Waals surface area contributed by atoms with E-state index in [0.29, 0.717) is 31.6 Å². The van der Waals surface area contributed by atoms with Crippen LogP contribution >= 0.6 is 0 Å². The van der Waals surface area contributed by atoms with Gasteiger partial charge in [0, 0.05) is 62.9 Å². The fraction of sp³-hybridized carbons (Fsp3) is 0.667. The van der Waals surface area contributed by atoms with Crippen molar-refractivity contribution in [1.29, 1.82) is 0 Å². The summed E-state index contributed by atoms with van der Waals surface area (Å²) in [7, 11) is 0. The van der Waals surface area contributed by atoms with Gasteiger partial charge >= 0.3 is 0 Å². The number of rotatable bonds is 9. The first kappa shape index (κ1) is 19.8. The first-order valence-corrected chi connectivity index (χ1v) is 10.2. The highest BCUT2D eigenvalue weighted by Gasteiger charge is 2.37. The molecule has 0 aromatic carbocycles. The lowest BCUT2D eigenvalue weighted by molar-refractivity contribution is -0.122. The zero-order valence-corrected chi connectivity index (χ0v) is 16.5. The van der Waals surface area contributed by atoms with E-state index in [1.54, 1.807) is 6.92 Å². The number of aromatic nitrogens is 1. The van der Waals surface area contributed by atoms with Gasteiger partial charge in [0.1, 0.15) is 0 Å². The van der Waals surface area contributed by atoms with Crippen molar-refractivity contribution in [2.45, 2.75) is 64.5 Å². The number of aryl methyl sites for hydroxylation is 1. The number of nitrogens with zero attached hydrogens (tertiary/aromatic N) is 2. The lowest BCUT2D eigenvalue weighted by Crippen LogP contribution is -2.45. The van der Waals surface area contributed by atoms with Crippen LogP contribution in [0.4, 0.5) is 0 Å². The molecule has 1 saturated carbocycles. The van der Waals surface area contributed by atoms with E-state index in [2.05, 4.69) is 20.5 Å². The van der Waals surface area contributed by atoms with Gasteiger partial charge in [-0.05, 0) is 50.7 Å².